The Morgan fingerprint density at radius 3 is 2.43 bits per heavy atom. The van der Waals surface area contributed by atoms with Gasteiger partial charge in [0.25, 0.3) is 5.91 Å². The number of halogens is 2. The van der Waals surface area contributed by atoms with Crippen molar-refractivity contribution in [1.29, 1.82) is 0 Å². The largest absolute Gasteiger partial charge is 0.497 e. The van der Waals surface area contributed by atoms with Gasteiger partial charge in [-0.2, -0.15) is 0 Å². The van der Waals surface area contributed by atoms with Crippen LogP contribution in [-0.2, 0) is 4.79 Å². The van der Waals surface area contributed by atoms with Crippen LogP contribution in [0.15, 0.2) is 103 Å². The zero-order valence-electron chi connectivity index (χ0n) is 25.5. The average molecular weight is 653 g/mol. The number of methoxy groups -OCH3 is 1. The Kier molecular flexibility index (Phi) is 10.0. The number of aromatic nitrogens is 1. The lowest BCUT2D eigenvalue weighted by Crippen LogP contribution is -2.45. The fourth-order valence-corrected chi connectivity index (χ4v) is 6.42. The summed E-state index contributed by atoms with van der Waals surface area (Å²) in [5, 5.41) is 16.4. The SMILES string of the molecule is COc1ccc2nccc([C@@H](O)CN3CCC(NC(=O)C(=Cc4ccc(Cl)cc4Cl)c4ccc(-c5ccccc5)cc4)CC3)c2c1. The maximum absolute atomic E-state index is 13.9. The summed E-state index contributed by atoms with van der Waals surface area (Å²) in [5.74, 6) is 0.568. The van der Waals surface area contributed by atoms with Crippen LogP contribution in [0.2, 0.25) is 10.0 Å². The molecule has 1 amide bonds. The maximum atomic E-state index is 13.9. The molecule has 46 heavy (non-hydrogen) atoms. The molecule has 234 valence electrons. The minimum Gasteiger partial charge on any atom is -0.497 e. The van der Waals surface area contributed by atoms with E-state index in [4.69, 9.17) is 27.9 Å². The van der Waals surface area contributed by atoms with Crippen LogP contribution in [0.5, 0.6) is 5.75 Å². The highest BCUT2D eigenvalue weighted by atomic mass is 35.5. The van der Waals surface area contributed by atoms with Gasteiger partial charge < -0.3 is 20.1 Å². The van der Waals surface area contributed by atoms with Gasteiger partial charge in [-0.25, -0.2) is 0 Å². The van der Waals surface area contributed by atoms with E-state index in [-0.39, 0.29) is 11.9 Å². The van der Waals surface area contributed by atoms with E-state index in [1.165, 1.54) is 0 Å². The molecular formula is C38H35Cl2N3O3. The van der Waals surface area contributed by atoms with E-state index in [2.05, 4.69) is 27.3 Å². The van der Waals surface area contributed by atoms with Gasteiger partial charge in [0, 0.05) is 52.9 Å². The van der Waals surface area contributed by atoms with Gasteiger partial charge in [0.2, 0.25) is 0 Å². The topological polar surface area (TPSA) is 74.7 Å². The molecule has 2 heterocycles. The fraction of sp³-hybridized carbons (Fsp3) is 0.211. The number of carbonyl (C=O) groups is 1. The molecule has 1 aliphatic heterocycles. The highest BCUT2D eigenvalue weighted by molar-refractivity contribution is 6.36. The summed E-state index contributed by atoms with van der Waals surface area (Å²) in [6, 6.07) is 31.0. The molecule has 6 nitrogen and oxygen atoms in total. The molecule has 1 saturated heterocycles. The predicted molar refractivity (Wildman–Crippen MR) is 187 cm³/mol. The van der Waals surface area contributed by atoms with Crippen molar-refractivity contribution in [1.82, 2.24) is 15.2 Å². The first-order valence-electron chi connectivity index (χ1n) is 15.3. The number of rotatable bonds is 9. The second-order valence-electron chi connectivity index (χ2n) is 11.5. The zero-order valence-corrected chi connectivity index (χ0v) is 27.0. The second-order valence-corrected chi connectivity index (χ2v) is 12.4. The van der Waals surface area contributed by atoms with Crippen LogP contribution < -0.4 is 10.1 Å². The monoisotopic (exact) mass is 651 g/mol. The first-order chi connectivity index (χ1) is 22.4. The summed E-state index contributed by atoms with van der Waals surface area (Å²) in [7, 11) is 1.63. The average Bonchev–Trinajstić information content (AvgIpc) is 3.08. The van der Waals surface area contributed by atoms with E-state index in [0.717, 1.165) is 64.8 Å². The van der Waals surface area contributed by atoms with Crippen molar-refractivity contribution in [2.75, 3.05) is 26.7 Å². The van der Waals surface area contributed by atoms with Crippen LogP contribution >= 0.6 is 23.2 Å². The first-order valence-corrected chi connectivity index (χ1v) is 16.1. The highest BCUT2D eigenvalue weighted by Crippen LogP contribution is 2.30. The fourth-order valence-electron chi connectivity index (χ4n) is 5.96. The third kappa shape index (κ3) is 7.43. The Morgan fingerprint density at radius 2 is 1.72 bits per heavy atom. The molecule has 0 aliphatic carbocycles. The van der Waals surface area contributed by atoms with Crippen LogP contribution in [0.3, 0.4) is 0 Å². The van der Waals surface area contributed by atoms with Crippen molar-refractivity contribution in [2.24, 2.45) is 0 Å². The lowest BCUT2D eigenvalue weighted by Gasteiger charge is -2.33. The lowest BCUT2D eigenvalue weighted by molar-refractivity contribution is -0.116. The van der Waals surface area contributed by atoms with Crippen LogP contribution in [0, 0.1) is 0 Å². The number of fused-ring (bicyclic) bond motifs is 1. The van der Waals surface area contributed by atoms with Crippen molar-refractivity contribution >= 4 is 51.7 Å². The van der Waals surface area contributed by atoms with Crippen molar-refractivity contribution in [2.45, 2.75) is 25.0 Å². The Labute approximate surface area is 279 Å². The molecule has 0 radical (unpaired) electrons. The molecule has 8 heteroatoms. The van der Waals surface area contributed by atoms with Gasteiger partial charge in [-0.1, -0.05) is 83.9 Å². The third-order valence-corrected chi connectivity index (χ3v) is 9.07. The van der Waals surface area contributed by atoms with E-state index in [1.54, 1.807) is 25.4 Å². The molecule has 0 unspecified atom stereocenters. The van der Waals surface area contributed by atoms with Crippen LogP contribution in [0.4, 0.5) is 0 Å². The number of nitrogens with zero attached hydrogens (tertiary/aromatic N) is 2. The Balaban J connectivity index is 1.14. The van der Waals surface area contributed by atoms with Crippen molar-refractivity contribution < 1.29 is 14.6 Å². The van der Waals surface area contributed by atoms with Gasteiger partial charge in [-0.05, 0) is 83.1 Å². The number of piperidine rings is 1. The number of nitrogens with one attached hydrogen (secondary N) is 1. The van der Waals surface area contributed by atoms with Crippen LogP contribution in [-0.4, -0.2) is 53.7 Å². The minimum absolute atomic E-state index is 0.000379. The molecule has 0 saturated carbocycles. The standard InChI is InChI=1S/C38H35Cl2N3O3/c1-46-31-13-14-36-34(23-31)32(15-18-41-36)37(44)24-43-19-16-30(17-20-43)42-38(45)33(21-28-11-12-29(39)22-35(28)40)27-9-7-26(8-10-27)25-5-3-2-4-6-25/h2-15,18,21-23,30,37,44H,16-17,19-20,24H2,1H3,(H,42,45)/t37-/m0/s1. The van der Waals surface area contributed by atoms with Gasteiger partial charge >= 0.3 is 0 Å². The minimum atomic E-state index is -0.679. The van der Waals surface area contributed by atoms with Crippen molar-refractivity contribution in [3.05, 3.63) is 130 Å². The molecule has 6 rings (SSSR count). The summed E-state index contributed by atoms with van der Waals surface area (Å²) in [6.45, 7) is 2.00. The van der Waals surface area contributed by atoms with E-state index in [0.29, 0.717) is 27.7 Å². The van der Waals surface area contributed by atoms with Gasteiger partial charge in [-0.3, -0.25) is 9.78 Å². The molecule has 1 atom stereocenters. The smallest absolute Gasteiger partial charge is 0.252 e. The van der Waals surface area contributed by atoms with E-state index < -0.39 is 6.10 Å². The third-order valence-electron chi connectivity index (χ3n) is 8.51. The Hall–Kier alpha value is -4.20. The number of hydrogen-bond donors (Lipinski definition) is 2. The molecule has 0 bridgehead atoms. The lowest BCUT2D eigenvalue weighted by atomic mass is 9.97. The molecule has 2 N–H and O–H groups in total. The zero-order chi connectivity index (χ0) is 32.0. The quantitative estimate of drug-likeness (QED) is 0.125. The molecule has 0 spiro atoms. The van der Waals surface area contributed by atoms with Crippen LogP contribution in [0.1, 0.15) is 35.6 Å². The number of likely N-dealkylation sites (tertiary alicyclic amines) is 1. The number of ether oxygens (including phenoxy) is 1. The van der Waals surface area contributed by atoms with E-state index in [9.17, 15) is 9.90 Å². The number of amides is 1. The first kappa shape index (κ1) is 31.8. The summed E-state index contributed by atoms with van der Waals surface area (Å²) in [4.78, 5) is 20.5. The summed E-state index contributed by atoms with van der Waals surface area (Å²) in [6.07, 6.45) is 4.41. The number of aliphatic hydroxyl groups excluding tert-OH is 1. The van der Waals surface area contributed by atoms with E-state index >= 15 is 0 Å². The molecule has 5 aromatic rings. The molecule has 4 aromatic carbocycles. The molecule has 1 aliphatic rings. The van der Waals surface area contributed by atoms with Gasteiger partial charge in [-0.15, -0.1) is 0 Å². The predicted octanol–water partition coefficient (Wildman–Crippen LogP) is 8.07. The maximum Gasteiger partial charge on any atom is 0.252 e. The summed E-state index contributed by atoms with van der Waals surface area (Å²) in [5.41, 5.74) is 5.87. The second kappa shape index (κ2) is 14.5. The number of aliphatic hydroxyl groups is 1. The Bertz CT molecular complexity index is 1850. The number of pyridine rings is 1. The van der Waals surface area contributed by atoms with Gasteiger partial charge in [0.1, 0.15) is 5.75 Å². The van der Waals surface area contributed by atoms with Crippen molar-refractivity contribution in [3.63, 3.8) is 0 Å². The normalized spacial score (nSPS) is 15.1. The number of hydrogen-bond acceptors (Lipinski definition) is 5. The molecular weight excluding hydrogens is 617 g/mol. The summed E-state index contributed by atoms with van der Waals surface area (Å²) >= 11 is 12.7. The number of carbonyl (C=O) groups excluding carboxylic acids is 1. The van der Waals surface area contributed by atoms with Crippen LogP contribution in [0.25, 0.3) is 33.7 Å². The number of benzene rings is 4. The summed E-state index contributed by atoms with van der Waals surface area (Å²) < 4.78 is 5.39. The van der Waals surface area contributed by atoms with Gasteiger partial charge in [0.15, 0.2) is 0 Å². The van der Waals surface area contributed by atoms with E-state index in [1.807, 2.05) is 78.9 Å². The Morgan fingerprint density at radius 1 is 0.978 bits per heavy atom. The van der Waals surface area contributed by atoms with Gasteiger partial charge in [0.05, 0.1) is 18.7 Å². The number of β-amino-alcohol motifs (C(OH)–C–C–N with tert-alkyl or cyclic N) is 1. The highest BCUT2D eigenvalue weighted by Gasteiger charge is 2.25. The molecule has 1 fully saturated rings. The van der Waals surface area contributed by atoms with Crippen molar-refractivity contribution in [3.8, 4) is 16.9 Å². The molecule has 1 aromatic heterocycles.